The van der Waals surface area contributed by atoms with Crippen LogP contribution in [0.4, 0.5) is 0 Å². The minimum Gasteiger partial charge on any atom is -0.320 e. The first-order valence-electron chi connectivity index (χ1n) is 7.60. The van der Waals surface area contributed by atoms with Gasteiger partial charge in [-0.15, -0.1) is 11.3 Å². The molecule has 1 aliphatic heterocycles. The largest absolute Gasteiger partial charge is 0.320 e. The summed E-state index contributed by atoms with van der Waals surface area (Å²) in [4.78, 5) is 16.2. The van der Waals surface area contributed by atoms with Crippen LogP contribution < -0.4 is 5.32 Å². The topological polar surface area (TPSA) is 32.3 Å². The molecule has 2 aliphatic rings. The fraction of sp³-hybridized carbons (Fsp3) is 0.688. The average molecular weight is 292 g/mol. The van der Waals surface area contributed by atoms with Crippen molar-refractivity contribution in [3.05, 3.63) is 22.4 Å². The Labute approximate surface area is 125 Å². The molecule has 1 amide bonds. The van der Waals surface area contributed by atoms with Crippen LogP contribution in [0.5, 0.6) is 0 Å². The lowest BCUT2D eigenvalue weighted by atomic mass is 9.70. The van der Waals surface area contributed by atoms with Crippen molar-refractivity contribution in [1.29, 1.82) is 0 Å². The molecule has 1 aliphatic carbocycles. The number of carbonyl (C=O) groups is 1. The van der Waals surface area contributed by atoms with E-state index < -0.39 is 5.54 Å². The van der Waals surface area contributed by atoms with Crippen LogP contribution in [-0.2, 0) is 4.79 Å². The van der Waals surface area contributed by atoms with E-state index in [4.69, 9.17) is 0 Å². The van der Waals surface area contributed by atoms with E-state index in [9.17, 15) is 4.79 Å². The number of nitrogens with zero attached hydrogens (tertiary/aromatic N) is 1. The highest BCUT2D eigenvalue weighted by Gasteiger charge is 2.50. The lowest BCUT2D eigenvalue weighted by molar-refractivity contribution is -0.135. The molecule has 2 fully saturated rings. The van der Waals surface area contributed by atoms with E-state index in [1.54, 1.807) is 11.3 Å². The van der Waals surface area contributed by atoms with Crippen molar-refractivity contribution in [2.75, 3.05) is 6.54 Å². The first-order valence-corrected chi connectivity index (χ1v) is 8.48. The van der Waals surface area contributed by atoms with Crippen LogP contribution in [0.1, 0.15) is 57.5 Å². The van der Waals surface area contributed by atoms with E-state index in [-0.39, 0.29) is 12.1 Å². The first kappa shape index (κ1) is 14.1. The molecule has 2 heterocycles. The Bertz CT molecular complexity index is 495. The maximum atomic E-state index is 12.8. The van der Waals surface area contributed by atoms with E-state index in [2.05, 4.69) is 41.6 Å². The summed E-state index contributed by atoms with van der Waals surface area (Å²) in [6.07, 6.45) is 4.69. The van der Waals surface area contributed by atoms with E-state index >= 15 is 0 Å². The number of carbonyl (C=O) groups excluding carboxylic acids is 1. The summed E-state index contributed by atoms with van der Waals surface area (Å²) >= 11 is 1.73. The molecule has 4 heteroatoms. The fourth-order valence-corrected chi connectivity index (χ4v) is 4.10. The van der Waals surface area contributed by atoms with Crippen LogP contribution in [0.15, 0.2) is 17.5 Å². The van der Waals surface area contributed by atoms with Gasteiger partial charge in [0.2, 0.25) is 5.91 Å². The van der Waals surface area contributed by atoms with Crippen molar-refractivity contribution in [3.8, 4) is 0 Å². The normalized spacial score (nSPS) is 32.5. The lowest BCUT2D eigenvalue weighted by Gasteiger charge is -2.42. The maximum absolute atomic E-state index is 12.8. The van der Waals surface area contributed by atoms with Gasteiger partial charge in [0.25, 0.3) is 0 Å². The predicted molar refractivity (Wildman–Crippen MR) is 82.6 cm³/mol. The Hall–Kier alpha value is -0.870. The van der Waals surface area contributed by atoms with Crippen LogP contribution >= 0.6 is 11.3 Å². The molecule has 3 rings (SSSR count). The van der Waals surface area contributed by atoms with Crippen molar-refractivity contribution in [1.82, 2.24) is 10.2 Å². The zero-order chi connectivity index (χ0) is 14.4. The summed E-state index contributed by atoms with van der Waals surface area (Å²) in [5, 5.41) is 5.67. The number of nitrogens with one attached hydrogen (secondary N) is 1. The monoisotopic (exact) mass is 292 g/mol. The summed E-state index contributed by atoms with van der Waals surface area (Å²) in [6.45, 7) is 7.33. The minimum absolute atomic E-state index is 0.0601. The highest BCUT2D eigenvalue weighted by Crippen LogP contribution is 2.44. The van der Waals surface area contributed by atoms with E-state index in [0.29, 0.717) is 5.41 Å². The third-order valence-corrected chi connectivity index (χ3v) is 6.06. The highest BCUT2D eigenvalue weighted by atomic mass is 32.1. The van der Waals surface area contributed by atoms with Crippen molar-refractivity contribution in [2.45, 2.75) is 58.2 Å². The molecule has 1 aromatic rings. The predicted octanol–water partition coefficient (Wildman–Crippen LogP) is 3.54. The zero-order valence-electron chi connectivity index (χ0n) is 12.6. The summed E-state index contributed by atoms with van der Waals surface area (Å²) < 4.78 is 0. The van der Waals surface area contributed by atoms with Crippen LogP contribution in [-0.4, -0.2) is 22.9 Å². The molecule has 2 unspecified atom stereocenters. The Kier molecular flexibility index (Phi) is 3.41. The molecule has 2 atom stereocenters. The molecular formula is C16H24N2OS. The Morgan fingerprint density at radius 1 is 1.45 bits per heavy atom. The molecule has 1 N–H and O–H groups in total. The molecule has 0 bridgehead atoms. The van der Waals surface area contributed by atoms with Gasteiger partial charge in [0, 0.05) is 11.4 Å². The smallest absolute Gasteiger partial charge is 0.244 e. The van der Waals surface area contributed by atoms with Crippen LogP contribution in [0.2, 0.25) is 0 Å². The van der Waals surface area contributed by atoms with Gasteiger partial charge in [0.15, 0.2) is 0 Å². The second kappa shape index (κ2) is 4.85. The maximum Gasteiger partial charge on any atom is 0.244 e. The summed E-state index contributed by atoms with van der Waals surface area (Å²) in [7, 11) is 0. The minimum atomic E-state index is -0.408. The van der Waals surface area contributed by atoms with Gasteiger partial charge in [-0.25, -0.2) is 0 Å². The van der Waals surface area contributed by atoms with Crippen LogP contribution in [0, 0.1) is 5.41 Å². The summed E-state index contributed by atoms with van der Waals surface area (Å²) in [5.41, 5.74) is -0.0827. The standard InChI is InChI=1S/C16H24N2OS/c1-4-16(3)14(19)18(11-15(2)8-6-9-15)13(17-16)12-7-5-10-20-12/h5,7,10,13,17H,4,6,8-9,11H2,1-3H3. The quantitative estimate of drug-likeness (QED) is 0.920. The number of thiophene rings is 1. The SMILES string of the molecule is CCC1(C)NC(c2cccs2)N(CC2(C)CCC2)C1=O. The van der Waals surface area contributed by atoms with Gasteiger partial charge in [-0.1, -0.05) is 26.3 Å². The average Bonchev–Trinajstić information content (AvgIpc) is 3.00. The van der Waals surface area contributed by atoms with Crippen LogP contribution in [0.3, 0.4) is 0 Å². The number of hydrogen-bond donors (Lipinski definition) is 1. The Balaban J connectivity index is 1.88. The fourth-order valence-electron chi connectivity index (χ4n) is 3.31. The van der Waals surface area contributed by atoms with Gasteiger partial charge in [-0.05, 0) is 43.0 Å². The lowest BCUT2D eigenvalue weighted by Crippen LogP contribution is -2.45. The molecule has 110 valence electrons. The molecule has 1 saturated heterocycles. The number of hydrogen-bond acceptors (Lipinski definition) is 3. The van der Waals surface area contributed by atoms with Crippen molar-refractivity contribution in [3.63, 3.8) is 0 Å². The first-order chi connectivity index (χ1) is 9.47. The molecule has 1 aromatic heterocycles. The molecule has 0 spiro atoms. The molecule has 1 saturated carbocycles. The molecular weight excluding hydrogens is 268 g/mol. The van der Waals surface area contributed by atoms with Gasteiger partial charge in [0.1, 0.15) is 6.17 Å². The molecule has 20 heavy (non-hydrogen) atoms. The van der Waals surface area contributed by atoms with E-state index in [1.807, 2.05) is 6.92 Å². The Morgan fingerprint density at radius 2 is 2.20 bits per heavy atom. The molecule has 0 radical (unpaired) electrons. The second-order valence-electron chi connectivity index (χ2n) is 6.85. The van der Waals surface area contributed by atoms with Gasteiger partial charge >= 0.3 is 0 Å². The number of amides is 1. The zero-order valence-corrected chi connectivity index (χ0v) is 13.4. The van der Waals surface area contributed by atoms with Crippen molar-refractivity contribution in [2.24, 2.45) is 5.41 Å². The van der Waals surface area contributed by atoms with Gasteiger partial charge < -0.3 is 4.90 Å². The van der Waals surface area contributed by atoms with Crippen molar-refractivity contribution < 1.29 is 4.79 Å². The molecule has 0 aromatic carbocycles. The highest BCUT2D eigenvalue weighted by molar-refractivity contribution is 7.10. The number of rotatable bonds is 4. The van der Waals surface area contributed by atoms with Gasteiger partial charge in [-0.2, -0.15) is 0 Å². The van der Waals surface area contributed by atoms with Crippen molar-refractivity contribution >= 4 is 17.2 Å². The van der Waals surface area contributed by atoms with Crippen LogP contribution in [0.25, 0.3) is 0 Å². The Morgan fingerprint density at radius 3 is 2.70 bits per heavy atom. The summed E-state index contributed by atoms with van der Waals surface area (Å²) in [5.74, 6) is 0.270. The third kappa shape index (κ3) is 2.19. The van der Waals surface area contributed by atoms with Gasteiger partial charge in [-0.3, -0.25) is 10.1 Å². The van der Waals surface area contributed by atoms with E-state index in [1.165, 1.54) is 24.1 Å². The third-order valence-electron chi connectivity index (χ3n) is 5.13. The van der Waals surface area contributed by atoms with Gasteiger partial charge in [0.05, 0.1) is 5.54 Å². The second-order valence-corrected chi connectivity index (χ2v) is 7.82. The molecule has 3 nitrogen and oxygen atoms in total. The summed E-state index contributed by atoms with van der Waals surface area (Å²) in [6, 6.07) is 4.20. The van der Waals surface area contributed by atoms with E-state index in [0.717, 1.165) is 13.0 Å².